The van der Waals surface area contributed by atoms with Gasteiger partial charge in [-0.3, -0.25) is 9.78 Å². The quantitative estimate of drug-likeness (QED) is 0.697. The van der Waals surface area contributed by atoms with E-state index in [0.29, 0.717) is 40.9 Å². The number of rotatable bonds is 8. The number of nitrogens with one attached hydrogen (secondary N) is 2. The number of carbonyl (C=O) groups is 1. The summed E-state index contributed by atoms with van der Waals surface area (Å²) in [5.41, 5.74) is 3.83. The maximum Gasteiger partial charge on any atom is 0.252 e. The van der Waals surface area contributed by atoms with Crippen molar-refractivity contribution in [2.45, 2.75) is 46.1 Å². The van der Waals surface area contributed by atoms with Gasteiger partial charge in [-0.15, -0.1) is 0 Å². The minimum Gasteiger partial charge on any atom is -0.382 e. The molecule has 1 saturated carbocycles. The van der Waals surface area contributed by atoms with Gasteiger partial charge in [-0.05, 0) is 61.9 Å². The van der Waals surface area contributed by atoms with Crippen LogP contribution in [-0.2, 0) is 0 Å². The van der Waals surface area contributed by atoms with Crippen LogP contribution in [0.3, 0.4) is 0 Å². The molecule has 5 heteroatoms. The van der Waals surface area contributed by atoms with Crippen molar-refractivity contribution in [1.82, 2.24) is 15.6 Å². The van der Waals surface area contributed by atoms with Crippen LogP contribution in [0.5, 0.6) is 0 Å². The first kappa shape index (κ1) is 20.1. The third-order valence-corrected chi connectivity index (χ3v) is 4.96. The Hall–Kier alpha value is -2.69. The Bertz CT molecular complexity index is 870. The minimum absolute atomic E-state index is 0.140. The molecule has 0 radical (unpaired) electrons. The molecule has 3 rings (SSSR count). The number of halogens is 1. The third-order valence-electron chi connectivity index (χ3n) is 4.96. The third kappa shape index (κ3) is 4.97. The Morgan fingerprint density at radius 3 is 2.64 bits per heavy atom. The zero-order valence-corrected chi connectivity index (χ0v) is 16.8. The molecule has 148 valence electrons. The van der Waals surface area contributed by atoms with Crippen LogP contribution in [-0.4, -0.2) is 23.5 Å². The van der Waals surface area contributed by atoms with E-state index >= 15 is 0 Å². The van der Waals surface area contributed by atoms with Crippen LogP contribution in [0.4, 0.5) is 4.39 Å². The highest BCUT2D eigenvalue weighted by Crippen LogP contribution is 2.29. The van der Waals surface area contributed by atoms with Gasteiger partial charge in [0, 0.05) is 35.6 Å². The Labute approximate surface area is 166 Å². The smallest absolute Gasteiger partial charge is 0.252 e. The molecular formula is C23H28FN3O. The van der Waals surface area contributed by atoms with Gasteiger partial charge in [0.25, 0.3) is 5.91 Å². The number of pyridine rings is 1. The van der Waals surface area contributed by atoms with Gasteiger partial charge in [-0.2, -0.15) is 0 Å². The van der Waals surface area contributed by atoms with Crippen LogP contribution in [0.25, 0.3) is 17.0 Å². The minimum atomic E-state index is -0.288. The number of hydrogen-bond acceptors (Lipinski definition) is 3. The highest BCUT2D eigenvalue weighted by atomic mass is 19.1. The predicted molar refractivity (Wildman–Crippen MR) is 111 cm³/mol. The van der Waals surface area contributed by atoms with Crippen LogP contribution >= 0.6 is 0 Å². The van der Waals surface area contributed by atoms with E-state index in [2.05, 4.69) is 36.0 Å². The lowest BCUT2D eigenvalue weighted by Crippen LogP contribution is -2.25. The number of nitrogens with zero attached hydrogens (tertiary/aromatic N) is 1. The average Bonchev–Trinajstić information content (AvgIpc) is 3.47. The number of aromatic nitrogens is 1. The molecule has 1 aliphatic rings. The molecule has 28 heavy (non-hydrogen) atoms. The van der Waals surface area contributed by atoms with Gasteiger partial charge in [0.2, 0.25) is 0 Å². The number of carbonyl (C=O) groups excluding carboxylic acids is 1. The number of benzene rings is 1. The van der Waals surface area contributed by atoms with Crippen molar-refractivity contribution in [1.29, 1.82) is 0 Å². The molecule has 0 atom stereocenters. The van der Waals surface area contributed by atoms with Gasteiger partial charge < -0.3 is 10.6 Å². The summed E-state index contributed by atoms with van der Waals surface area (Å²) in [6, 6.07) is 7.36. The van der Waals surface area contributed by atoms with E-state index in [1.165, 1.54) is 6.07 Å². The fourth-order valence-electron chi connectivity index (χ4n) is 2.94. The van der Waals surface area contributed by atoms with E-state index in [-0.39, 0.29) is 11.7 Å². The molecule has 0 bridgehead atoms. The predicted octanol–water partition coefficient (Wildman–Crippen LogP) is 4.69. The van der Waals surface area contributed by atoms with Crippen molar-refractivity contribution in [3.63, 3.8) is 0 Å². The lowest BCUT2D eigenvalue weighted by molar-refractivity contribution is 0.0951. The molecule has 1 aromatic carbocycles. The lowest BCUT2D eigenvalue weighted by atomic mass is 9.99. The normalized spacial score (nSPS) is 13.5. The standard InChI is InChI=1S/C23H28FN3O/c1-14(2)9-10-25-23(28)17-5-8-22(26-13-17)20-11-18(12-21(24)15(20)3)16(4)27-19-6-7-19/h5,8,11-14,19,27H,4,6-7,9-10H2,1-3H3,(H,25,28). The first-order chi connectivity index (χ1) is 13.3. The van der Waals surface area contributed by atoms with Gasteiger partial charge in [-0.25, -0.2) is 4.39 Å². The van der Waals surface area contributed by atoms with Crippen molar-refractivity contribution in [3.05, 3.63) is 59.5 Å². The maximum absolute atomic E-state index is 14.5. The van der Waals surface area contributed by atoms with Crippen molar-refractivity contribution in [3.8, 4) is 11.3 Å². The van der Waals surface area contributed by atoms with Crippen molar-refractivity contribution >= 4 is 11.6 Å². The summed E-state index contributed by atoms with van der Waals surface area (Å²) in [5, 5.41) is 6.21. The molecule has 2 N–H and O–H groups in total. The summed E-state index contributed by atoms with van der Waals surface area (Å²) in [5.74, 6) is 0.108. The summed E-state index contributed by atoms with van der Waals surface area (Å²) >= 11 is 0. The van der Waals surface area contributed by atoms with E-state index in [1.54, 1.807) is 25.3 Å². The average molecular weight is 381 g/mol. The van der Waals surface area contributed by atoms with E-state index in [1.807, 2.05) is 6.07 Å². The van der Waals surface area contributed by atoms with Crippen LogP contribution in [0.1, 0.15) is 54.6 Å². The molecular weight excluding hydrogens is 353 g/mol. The monoisotopic (exact) mass is 381 g/mol. The number of hydrogen-bond donors (Lipinski definition) is 2. The molecule has 1 fully saturated rings. The highest BCUT2D eigenvalue weighted by molar-refractivity contribution is 5.94. The first-order valence-electron chi connectivity index (χ1n) is 9.85. The molecule has 0 spiro atoms. The molecule has 1 aliphatic carbocycles. The van der Waals surface area contributed by atoms with E-state index in [0.717, 1.165) is 30.5 Å². The Kier molecular flexibility index (Phi) is 6.12. The van der Waals surface area contributed by atoms with Gasteiger partial charge in [0.15, 0.2) is 0 Å². The molecule has 0 saturated heterocycles. The summed E-state index contributed by atoms with van der Waals surface area (Å²) in [7, 11) is 0. The SMILES string of the molecule is C=C(NC1CC1)c1cc(F)c(C)c(-c2ccc(C(=O)NCCC(C)C)cn2)c1. The first-order valence-corrected chi connectivity index (χ1v) is 9.85. The summed E-state index contributed by atoms with van der Waals surface area (Å²) in [4.78, 5) is 16.6. The van der Waals surface area contributed by atoms with E-state index in [9.17, 15) is 9.18 Å². The molecule has 4 nitrogen and oxygen atoms in total. The molecule has 1 heterocycles. The maximum atomic E-state index is 14.5. The van der Waals surface area contributed by atoms with Crippen LogP contribution in [0, 0.1) is 18.7 Å². The zero-order valence-electron chi connectivity index (χ0n) is 16.8. The Morgan fingerprint density at radius 1 is 1.29 bits per heavy atom. The Morgan fingerprint density at radius 2 is 2.04 bits per heavy atom. The van der Waals surface area contributed by atoms with Crippen LogP contribution in [0.2, 0.25) is 0 Å². The second-order valence-electron chi connectivity index (χ2n) is 7.90. The summed E-state index contributed by atoms with van der Waals surface area (Å²) in [6.07, 6.45) is 4.73. The number of amides is 1. The largest absolute Gasteiger partial charge is 0.382 e. The van der Waals surface area contributed by atoms with Crippen molar-refractivity contribution in [2.75, 3.05) is 6.54 Å². The fourth-order valence-corrected chi connectivity index (χ4v) is 2.94. The van der Waals surface area contributed by atoms with Crippen molar-refractivity contribution in [2.24, 2.45) is 5.92 Å². The van der Waals surface area contributed by atoms with Gasteiger partial charge in [-0.1, -0.05) is 20.4 Å². The van der Waals surface area contributed by atoms with Crippen LogP contribution < -0.4 is 10.6 Å². The summed E-state index contributed by atoms with van der Waals surface area (Å²) in [6.45, 7) is 10.6. The molecule has 1 amide bonds. The molecule has 2 aromatic rings. The molecule has 0 unspecified atom stereocenters. The van der Waals surface area contributed by atoms with Gasteiger partial charge in [0.1, 0.15) is 5.82 Å². The van der Waals surface area contributed by atoms with Gasteiger partial charge in [0.05, 0.1) is 11.3 Å². The Balaban J connectivity index is 1.78. The fraction of sp³-hybridized carbons (Fsp3) is 0.391. The van der Waals surface area contributed by atoms with Crippen LogP contribution in [0.15, 0.2) is 37.0 Å². The van der Waals surface area contributed by atoms with Gasteiger partial charge >= 0.3 is 0 Å². The second-order valence-corrected chi connectivity index (χ2v) is 7.90. The lowest BCUT2D eigenvalue weighted by Gasteiger charge is -2.13. The van der Waals surface area contributed by atoms with Crippen molar-refractivity contribution < 1.29 is 9.18 Å². The molecule has 1 aromatic heterocycles. The molecule has 0 aliphatic heterocycles. The summed E-state index contributed by atoms with van der Waals surface area (Å²) < 4.78 is 14.5. The van der Waals surface area contributed by atoms with E-state index < -0.39 is 0 Å². The van der Waals surface area contributed by atoms with E-state index in [4.69, 9.17) is 0 Å². The second kappa shape index (κ2) is 8.55. The topological polar surface area (TPSA) is 54.0 Å². The zero-order chi connectivity index (χ0) is 20.3. The highest BCUT2D eigenvalue weighted by Gasteiger charge is 2.22.